The zero-order chi connectivity index (χ0) is 12.1. The highest BCUT2D eigenvalue weighted by atomic mass is 35.5. The van der Waals surface area contributed by atoms with Crippen LogP contribution in [0.15, 0.2) is 23.1 Å². The van der Waals surface area contributed by atoms with Gasteiger partial charge in [-0.3, -0.25) is 9.00 Å². The Kier molecular flexibility index (Phi) is 4.76. The third kappa shape index (κ3) is 3.50. The van der Waals surface area contributed by atoms with E-state index < -0.39 is 10.8 Å². The van der Waals surface area contributed by atoms with E-state index in [0.29, 0.717) is 15.6 Å². The molecule has 1 aromatic carbocycles. The summed E-state index contributed by atoms with van der Waals surface area (Å²) < 4.78 is 11.8. The maximum atomic E-state index is 11.8. The highest BCUT2D eigenvalue weighted by Gasteiger charge is 2.10. The number of benzene rings is 1. The Balaban J connectivity index is 2.70. The van der Waals surface area contributed by atoms with Crippen molar-refractivity contribution in [3.05, 3.63) is 23.2 Å². The number of nitrogens with two attached hydrogens (primary N) is 1. The molecule has 16 heavy (non-hydrogen) atoms. The number of hydrogen-bond donors (Lipinski definition) is 2. The summed E-state index contributed by atoms with van der Waals surface area (Å²) in [5, 5.41) is 2.84. The average molecular weight is 261 g/mol. The summed E-state index contributed by atoms with van der Waals surface area (Å²) in [6.07, 6.45) is 0.212. The van der Waals surface area contributed by atoms with E-state index in [4.69, 9.17) is 17.3 Å². The molecule has 88 valence electrons. The molecule has 1 aromatic rings. The molecule has 0 saturated heterocycles. The molecule has 0 aliphatic carbocycles. The van der Waals surface area contributed by atoms with Crippen LogP contribution in [0.25, 0.3) is 0 Å². The molecule has 1 unspecified atom stereocenters. The third-order valence-corrected chi connectivity index (χ3v) is 3.84. The minimum absolute atomic E-state index is 0.139. The Morgan fingerprint density at radius 1 is 1.56 bits per heavy atom. The smallest absolute Gasteiger partial charge is 0.220 e. The molecule has 1 amide bonds. The van der Waals surface area contributed by atoms with Crippen molar-refractivity contribution in [2.75, 3.05) is 18.5 Å². The molecule has 0 aliphatic heterocycles. The third-order valence-electron chi connectivity index (χ3n) is 1.99. The first-order valence-electron chi connectivity index (χ1n) is 4.68. The van der Waals surface area contributed by atoms with Gasteiger partial charge in [-0.2, -0.15) is 0 Å². The fraction of sp³-hybridized carbons (Fsp3) is 0.300. The first-order valence-corrected chi connectivity index (χ1v) is 6.38. The molecular weight excluding hydrogens is 248 g/mol. The molecule has 0 fully saturated rings. The number of carbonyl (C=O) groups excluding carboxylic acids is 1. The summed E-state index contributed by atoms with van der Waals surface area (Å²) in [5.41, 5.74) is 6.05. The van der Waals surface area contributed by atoms with Crippen LogP contribution in [0.2, 0.25) is 5.02 Å². The van der Waals surface area contributed by atoms with Crippen LogP contribution < -0.4 is 11.1 Å². The number of hydrogen-bond acceptors (Lipinski definition) is 3. The lowest BCUT2D eigenvalue weighted by Crippen LogP contribution is -2.19. The van der Waals surface area contributed by atoms with Gasteiger partial charge in [0.05, 0.1) is 20.7 Å². The maximum Gasteiger partial charge on any atom is 0.220 e. The van der Waals surface area contributed by atoms with Crippen molar-refractivity contribution < 1.29 is 9.00 Å². The van der Waals surface area contributed by atoms with Gasteiger partial charge < -0.3 is 11.1 Å². The summed E-state index contributed by atoms with van der Waals surface area (Å²) in [5.74, 6) is 0.114. The van der Waals surface area contributed by atoms with E-state index in [9.17, 15) is 9.00 Å². The molecule has 4 nitrogen and oxygen atoms in total. The minimum atomic E-state index is -1.27. The molecule has 1 rings (SSSR count). The van der Waals surface area contributed by atoms with E-state index in [2.05, 4.69) is 5.32 Å². The number of halogens is 1. The van der Waals surface area contributed by atoms with Crippen LogP contribution in [-0.4, -0.2) is 22.9 Å². The van der Waals surface area contributed by atoms with Gasteiger partial charge in [-0.15, -0.1) is 0 Å². The first-order chi connectivity index (χ1) is 7.54. The van der Waals surface area contributed by atoms with Gasteiger partial charge in [0.25, 0.3) is 0 Å². The summed E-state index contributed by atoms with van der Waals surface area (Å²) in [6, 6.07) is 4.81. The van der Waals surface area contributed by atoms with Crippen LogP contribution in [0.5, 0.6) is 0 Å². The highest BCUT2D eigenvalue weighted by Crippen LogP contribution is 2.22. The van der Waals surface area contributed by atoms with E-state index in [1.165, 1.54) is 0 Å². The van der Waals surface area contributed by atoms with Crippen molar-refractivity contribution in [1.82, 2.24) is 5.32 Å². The minimum Gasteiger partial charge on any atom is -0.399 e. The Morgan fingerprint density at radius 2 is 2.25 bits per heavy atom. The van der Waals surface area contributed by atoms with Crippen molar-refractivity contribution in [2.24, 2.45) is 0 Å². The SMILES string of the molecule is CNC(=O)CCS(=O)c1ccc(N)cc1Cl. The van der Waals surface area contributed by atoms with Crippen molar-refractivity contribution >= 4 is 34.0 Å². The van der Waals surface area contributed by atoms with Crippen LogP contribution in [0.3, 0.4) is 0 Å². The largest absolute Gasteiger partial charge is 0.399 e. The molecule has 0 spiro atoms. The van der Waals surface area contributed by atoms with Crippen molar-refractivity contribution in [3.8, 4) is 0 Å². The van der Waals surface area contributed by atoms with Crippen LogP contribution in [-0.2, 0) is 15.6 Å². The number of nitrogens with one attached hydrogen (secondary N) is 1. The van der Waals surface area contributed by atoms with Crippen LogP contribution >= 0.6 is 11.6 Å². The topological polar surface area (TPSA) is 72.2 Å². The highest BCUT2D eigenvalue weighted by molar-refractivity contribution is 7.85. The quantitative estimate of drug-likeness (QED) is 0.798. The van der Waals surface area contributed by atoms with E-state index >= 15 is 0 Å². The molecule has 0 saturated carbocycles. The molecule has 6 heteroatoms. The van der Waals surface area contributed by atoms with Crippen LogP contribution in [0, 0.1) is 0 Å². The monoisotopic (exact) mass is 260 g/mol. The van der Waals surface area contributed by atoms with E-state index in [-0.39, 0.29) is 18.1 Å². The van der Waals surface area contributed by atoms with Gasteiger partial charge in [0, 0.05) is 24.9 Å². The van der Waals surface area contributed by atoms with Gasteiger partial charge in [0.1, 0.15) is 0 Å². The molecule has 3 N–H and O–H groups in total. The second-order valence-corrected chi connectivity index (χ2v) is 5.11. The Labute approximate surface area is 102 Å². The Morgan fingerprint density at radius 3 is 2.81 bits per heavy atom. The lowest BCUT2D eigenvalue weighted by atomic mass is 10.3. The molecule has 1 atom stereocenters. The lowest BCUT2D eigenvalue weighted by Gasteiger charge is -2.05. The second kappa shape index (κ2) is 5.86. The average Bonchev–Trinajstić information content (AvgIpc) is 2.25. The molecule has 0 aliphatic rings. The normalized spacial score (nSPS) is 12.1. The second-order valence-electron chi connectivity index (χ2n) is 3.16. The summed E-state index contributed by atoms with van der Waals surface area (Å²) in [6.45, 7) is 0. The number of carbonyl (C=O) groups is 1. The van der Waals surface area contributed by atoms with Gasteiger partial charge in [0.2, 0.25) is 5.91 Å². The van der Waals surface area contributed by atoms with Crippen molar-refractivity contribution in [1.29, 1.82) is 0 Å². The molecule has 0 heterocycles. The molecular formula is C10H13ClN2O2S. The maximum absolute atomic E-state index is 11.8. The van der Waals surface area contributed by atoms with Gasteiger partial charge in [0.15, 0.2) is 0 Å². The Hall–Kier alpha value is -1.07. The number of amides is 1. The van der Waals surface area contributed by atoms with E-state index in [1.54, 1.807) is 25.2 Å². The zero-order valence-corrected chi connectivity index (χ0v) is 10.4. The first kappa shape index (κ1) is 13.0. The molecule has 0 aromatic heterocycles. The predicted octanol–water partition coefficient (Wildman–Crippen LogP) is 1.17. The van der Waals surface area contributed by atoms with E-state index in [1.807, 2.05) is 0 Å². The zero-order valence-electron chi connectivity index (χ0n) is 8.83. The van der Waals surface area contributed by atoms with Gasteiger partial charge in [-0.1, -0.05) is 11.6 Å². The van der Waals surface area contributed by atoms with Crippen LogP contribution in [0.4, 0.5) is 5.69 Å². The fourth-order valence-electron chi connectivity index (χ4n) is 1.12. The number of nitrogen functional groups attached to an aromatic ring is 1. The predicted molar refractivity (Wildman–Crippen MR) is 65.8 cm³/mol. The summed E-state index contributed by atoms with van der Waals surface area (Å²) in [4.78, 5) is 11.5. The van der Waals surface area contributed by atoms with Gasteiger partial charge >= 0.3 is 0 Å². The Bertz CT molecular complexity index is 423. The lowest BCUT2D eigenvalue weighted by molar-refractivity contribution is -0.120. The molecule has 0 radical (unpaired) electrons. The number of anilines is 1. The number of rotatable bonds is 4. The standard InChI is InChI=1S/C10H13ClN2O2S/c1-13-10(14)4-5-16(15)9-3-2-7(12)6-8(9)11/h2-3,6H,4-5,12H2,1H3,(H,13,14). The summed E-state index contributed by atoms with van der Waals surface area (Å²) >= 11 is 5.90. The van der Waals surface area contributed by atoms with Gasteiger partial charge in [-0.25, -0.2) is 0 Å². The van der Waals surface area contributed by atoms with Crippen LogP contribution in [0.1, 0.15) is 6.42 Å². The van der Waals surface area contributed by atoms with E-state index in [0.717, 1.165) is 0 Å². The van der Waals surface area contributed by atoms with Crippen molar-refractivity contribution in [3.63, 3.8) is 0 Å². The summed E-state index contributed by atoms with van der Waals surface area (Å²) in [7, 11) is 0.269. The molecule has 0 bridgehead atoms. The van der Waals surface area contributed by atoms with Crippen molar-refractivity contribution in [2.45, 2.75) is 11.3 Å². The fourth-order valence-corrected chi connectivity index (χ4v) is 2.66. The van der Waals surface area contributed by atoms with Gasteiger partial charge in [-0.05, 0) is 18.2 Å².